The minimum atomic E-state index is -4.30. The van der Waals surface area contributed by atoms with Gasteiger partial charge in [-0.15, -0.1) is 0 Å². The number of amides is 1. The fourth-order valence-corrected chi connectivity index (χ4v) is 7.67. The van der Waals surface area contributed by atoms with Gasteiger partial charge in [0.1, 0.15) is 13.2 Å². The summed E-state index contributed by atoms with van der Waals surface area (Å²) in [5.74, 6) is -0.142. The Morgan fingerprint density at radius 2 is 0.906 bits per heavy atom. The molecular formula is C44H92N2O6P+. The maximum atomic E-state index is 12.9. The number of carbonyl (C=O) groups excluding carboxylic acids is 1. The molecule has 9 heteroatoms. The summed E-state index contributed by atoms with van der Waals surface area (Å²) in [6.07, 6.45) is 40.0. The number of phosphoric ester groups is 1. The first-order chi connectivity index (χ1) is 25.5. The molecule has 0 aliphatic carbocycles. The number of aliphatic hydroxyl groups excluding tert-OH is 1. The number of nitrogens with zero attached hydrogens (tertiary/aromatic N) is 1. The van der Waals surface area contributed by atoms with Gasteiger partial charge in [0.15, 0.2) is 0 Å². The summed E-state index contributed by atoms with van der Waals surface area (Å²) >= 11 is 0. The van der Waals surface area contributed by atoms with Gasteiger partial charge >= 0.3 is 7.82 Å². The lowest BCUT2D eigenvalue weighted by atomic mass is 10.0. The molecule has 0 bridgehead atoms. The Balaban J connectivity index is 4.13. The molecule has 0 spiro atoms. The van der Waals surface area contributed by atoms with Crippen molar-refractivity contribution in [3.05, 3.63) is 0 Å². The maximum Gasteiger partial charge on any atom is 0.472 e. The second kappa shape index (κ2) is 37.1. The van der Waals surface area contributed by atoms with Gasteiger partial charge in [-0.25, -0.2) is 4.57 Å². The van der Waals surface area contributed by atoms with E-state index in [-0.39, 0.29) is 19.1 Å². The quantitative estimate of drug-likeness (QED) is 0.0324. The Bertz CT molecular complexity index is 839. The van der Waals surface area contributed by atoms with Crippen molar-refractivity contribution in [2.45, 2.75) is 238 Å². The van der Waals surface area contributed by atoms with Gasteiger partial charge in [0, 0.05) is 6.42 Å². The van der Waals surface area contributed by atoms with Crippen molar-refractivity contribution in [2.75, 3.05) is 40.9 Å². The van der Waals surface area contributed by atoms with Gasteiger partial charge in [-0.05, 0) is 12.8 Å². The largest absolute Gasteiger partial charge is 0.472 e. The van der Waals surface area contributed by atoms with Gasteiger partial charge in [-0.1, -0.05) is 206 Å². The first-order valence-electron chi connectivity index (χ1n) is 22.9. The number of hydrogen-bond acceptors (Lipinski definition) is 5. The molecule has 0 heterocycles. The third-order valence-electron chi connectivity index (χ3n) is 10.6. The third kappa shape index (κ3) is 39.5. The van der Waals surface area contributed by atoms with E-state index in [0.717, 1.165) is 38.5 Å². The van der Waals surface area contributed by atoms with Crippen LogP contribution in [0.4, 0.5) is 0 Å². The van der Waals surface area contributed by atoms with Crippen molar-refractivity contribution < 1.29 is 32.9 Å². The lowest BCUT2D eigenvalue weighted by molar-refractivity contribution is -0.870. The van der Waals surface area contributed by atoms with Gasteiger partial charge < -0.3 is 19.8 Å². The molecule has 0 saturated heterocycles. The Hall–Kier alpha value is -0.500. The zero-order valence-electron chi connectivity index (χ0n) is 36.0. The van der Waals surface area contributed by atoms with E-state index in [1.165, 1.54) is 161 Å². The Morgan fingerprint density at radius 1 is 0.566 bits per heavy atom. The highest BCUT2D eigenvalue weighted by atomic mass is 31.2. The van der Waals surface area contributed by atoms with Crippen LogP contribution in [-0.4, -0.2) is 73.4 Å². The zero-order chi connectivity index (χ0) is 39.3. The van der Waals surface area contributed by atoms with E-state index in [1.54, 1.807) is 0 Å². The van der Waals surface area contributed by atoms with Gasteiger partial charge in [0.25, 0.3) is 0 Å². The van der Waals surface area contributed by atoms with Crippen LogP contribution in [0.3, 0.4) is 0 Å². The predicted molar refractivity (Wildman–Crippen MR) is 226 cm³/mol. The van der Waals surface area contributed by atoms with Crippen LogP contribution >= 0.6 is 7.82 Å². The smallest absolute Gasteiger partial charge is 0.391 e. The molecule has 0 aromatic carbocycles. The van der Waals surface area contributed by atoms with Crippen molar-refractivity contribution in [2.24, 2.45) is 0 Å². The molecule has 0 aliphatic rings. The third-order valence-corrected chi connectivity index (χ3v) is 11.6. The van der Waals surface area contributed by atoms with E-state index in [2.05, 4.69) is 19.2 Å². The molecule has 0 aliphatic heterocycles. The molecule has 0 saturated carbocycles. The standard InChI is InChI=1S/C44H91N2O6P/c1-6-8-10-12-14-16-17-18-19-20-21-22-23-24-25-26-27-28-30-32-34-36-38-44(48)45-42(41-52-53(49,50)51-40-39-46(3,4)5)43(47)37-35-33-31-29-15-13-11-9-7-2/h42-43,47H,6-41H2,1-5H3,(H-,45,48,49,50)/p+1/t42-,43+/m0/s1. The molecule has 0 aromatic rings. The van der Waals surface area contributed by atoms with Crippen LogP contribution in [0.2, 0.25) is 0 Å². The SMILES string of the molecule is CCCCCCCCCCCCCCCCCCCCCCCCC(=O)N[C@@H](COP(=O)(O)OCC[N+](C)(C)C)[C@H](O)CCCCCCCCCCC. The first-order valence-corrected chi connectivity index (χ1v) is 24.4. The molecule has 0 aromatic heterocycles. The van der Waals surface area contributed by atoms with Crippen molar-refractivity contribution in [1.82, 2.24) is 5.32 Å². The van der Waals surface area contributed by atoms with Crippen LogP contribution in [-0.2, 0) is 18.4 Å². The van der Waals surface area contributed by atoms with Crippen LogP contribution in [0.5, 0.6) is 0 Å². The molecule has 3 N–H and O–H groups in total. The Labute approximate surface area is 329 Å². The molecule has 1 unspecified atom stereocenters. The fraction of sp³-hybridized carbons (Fsp3) is 0.977. The number of nitrogens with one attached hydrogen (secondary N) is 1. The van der Waals surface area contributed by atoms with Gasteiger partial charge in [-0.3, -0.25) is 13.8 Å². The Kier molecular flexibility index (Phi) is 36.7. The number of carbonyl (C=O) groups is 1. The minimum absolute atomic E-state index is 0.0782. The average Bonchev–Trinajstić information content (AvgIpc) is 3.10. The highest BCUT2D eigenvalue weighted by molar-refractivity contribution is 7.47. The molecular weight excluding hydrogens is 683 g/mol. The molecule has 318 valence electrons. The van der Waals surface area contributed by atoms with Crippen LogP contribution in [0, 0.1) is 0 Å². The number of aliphatic hydroxyl groups is 1. The lowest BCUT2D eigenvalue weighted by Gasteiger charge is -2.26. The summed E-state index contributed by atoms with van der Waals surface area (Å²) in [6, 6.07) is -0.751. The topological polar surface area (TPSA) is 105 Å². The van der Waals surface area contributed by atoms with Crippen LogP contribution < -0.4 is 5.32 Å². The summed E-state index contributed by atoms with van der Waals surface area (Å²) in [5, 5.41) is 13.9. The fourth-order valence-electron chi connectivity index (χ4n) is 6.93. The molecule has 1 amide bonds. The number of unbranched alkanes of at least 4 members (excludes halogenated alkanes) is 29. The van der Waals surface area contributed by atoms with Crippen LogP contribution in [0.15, 0.2) is 0 Å². The van der Waals surface area contributed by atoms with Crippen LogP contribution in [0.1, 0.15) is 226 Å². The summed E-state index contributed by atoms with van der Waals surface area (Å²) in [6.45, 7) is 4.88. The summed E-state index contributed by atoms with van der Waals surface area (Å²) < 4.78 is 23.6. The molecule has 53 heavy (non-hydrogen) atoms. The van der Waals surface area contributed by atoms with E-state index in [9.17, 15) is 19.4 Å². The second-order valence-electron chi connectivity index (χ2n) is 17.1. The minimum Gasteiger partial charge on any atom is -0.391 e. The van der Waals surface area contributed by atoms with Gasteiger partial charge in [0.2, 0.25) is 5.91 Å². The molecule has 3 atom stereocenters. The lowest BCUT2D eigenvalue weighted by Crippen LogP contribution is -2.46. The highest BCUT2D eigenvalue weighted by Gasteiger charge is 2.28. The monoisotopic (exact) mass is 776 g/mol. The van der Waals surface area contributed by atoms with Crippen molar-refractivity contribution in [3.8, 4) is 0 Å². The number of quaternary nitrogens is 1. The van der Waals surface area contributed by atoms with Crippen molar-refractivity contribution >= 4 is 13.7 Å². The van der Waals surface area contributed by atoms with Gasteiger partial charge in [0.05, 0.1) is 39.9 Å². The number of rotatable bonds is 42. The van der Waals surface area contributed by atoms with E-state index in [4.69, 9.17) is 9.05 Å². The first kappa shape index (κ1) is 52.5. The summed E-state index contributed by atoms with van der Waals surface area (Å²) in [4.78, 5) is 23.1. The number of hydrogen-bond donors (Lipinski definition) is 3. The van der Waals surface area contributed by atoms with Crippen LogP contribution in [0.25, 0.3) is 0 Å². The van der Waals surface area contributed by atoms with Crippen molar-refractivity contribution in [1.29, 1.82) is 0 Å². The predicted octanol–water partition coefficient (Wildman–Crippen LogP) is 12.6. The summed E-state index contributed by atoms with van der Waals surface area (Å²) in [7, 11) is 1.63. The molecule has 0 rings (SSSR count). The van der Waals surface area contributed by atoms with E-state index in [0.29, 0.717) is 23.9 Å². The normalized spacial score (nSPS) is 14.3. The zero-order valence-corrected chi connectivity index (χ0v) is 36.9. The summed E-state index contributed by atoms with van der Waals surface area (Å²) in [5.41, 5.74) is 0. The average molecular weight is 776 g/mol. The van der Waals surface area contributed by atoms with Gasteiger partial charge in [-0.2, -0.15) is 0 Å². The number of likely N-dealkylation sites (N-methyl/N-ethyl adjacent to an activating group) is 1. The highest BCUT2D eigenvalue weighted by Crippen LogP contribution is 2.43. The van der Waals surface area contributed by atoms with Crippen molar-refractivity contribution in [3.63, 3.8) is 0 Å². The van der Waals surface area contributed by atoms with E-state index >= 15 is 0 Å². The molecule has 0 radical (unpaired) electrons. The second-order valence-corrected chi connectivity index (χ2v) is 18.6. The molecule has 0 fully saturated rings. The molecule has 8 nitrogen and oxygen atoms in total. The van der Waals surface area contributed by atoms with E-state index < -0.39 is 20.0 Å². The Morgan fingerprint density at radius 3 is 1.26 bits per heavy atom. The number of phosphoric acid groups is 1. The maximum absolute atomic E-state index is 12.9. The van der Waals surface area contributed by atoms with E-state index in [1.807, 2.05) is 21.1 Å².